The van der Waals surface area contributed by atoms with E-state index >= 15 is 0 Å². The van der Waals surface area contributed by atoms with Crippen molar-refractivity contribution in [3.8, 4) is 0 Å². The predicted molar refractivity (Wildman–Crippen MR) is 116 cm³/mol. The number of hydrogen-bond acceptors (Lipinski definition) is 4. The number of aryl methyl sites for hydroxylation is 1. The molecule has 1 atom stereocenters. The average molecular weight is 408 g/mol. The average Bonchev–Trinajstić information content (AvgIpc) is 3.14. The van der Waals surface area contributed by atoms with Crippen LogP contribution in [-0.2, 0) is 25.5 Å². The van der Waals surface area contributed by atoms with Gasteiger partial charge in [-0.15, -0.1) is 0 Å². The van der Waals surface area contributed by atoms with Gasteiger partial charge in [-0.3, -0.25) is 14.4 Å². The summed E-state index contributed by atoms with van der Waals surface area (Å²) in [6, 6.07) is 15.3. The lowest BCUT2D eigenvalue weighted by Crippen LogP contribution is -2.28. The molecule has 0 radical (unpaired) electrons. The lowest BCUT2D eigenvalue weighted by Gasteiger charge is -2.17. The fraction of sp³-hybridized carbons (Fsp3) is 0.375. The third kappa shape index (κ3) is 5.06. The maximum atomic E-state index is 12.4. The molecule has 30 heavy (non-hydrogen) atoms. The number of amides is 2. The topological polar surface area (TPSA) is 75.7 Å². The molecule has 1 saturated heterocycles. The highest BCUT2D eigenvalue weighted by atomic mass is 16.5. The molecule has 1 aliphatic rings. The smallest absolute Gasteiger partial charge is 0.311 e. The van der Waals surface area contributed by atoms with Gasteiger partial charge in [0.1, 0.15) is 0 Å². The molecule has 158 valence electrons. The summed E-state index contributed by atoms with van der Waals surface area (Å²) in [5, 5.41) is 2.80. The molecule has 2 amide bonds. The van der Waals surface area contributed by atoms with Crippen molar-refractivity contribution in [2.24, 2.45) is 5.92 Å². The number of nitrogens with one attached hydrogen (secondary N) is 1. The quantitative estimate of drug-likeness (QED) is 0.705. The largest absolute Gasteiger partial charge is 0.455 e. The van der Waals surface area contributed by atoms with Gasteiger partial charge in [0.05, 0.1) is 5.92 Å². The molecule has 0 aromatic heterocycles. The minimum atomic E-state index is -0.570. The molecule has 1 heterocycles. The fourth-order valence-corrected chi connectivity index (χ4v) is 3.58. The molecule has 6 heteroatoms. The molecular formula is C24H28N2O4. The highest BCUT2D eigenvalue weighted by Crippen LogP contribution is 2.27. The number of anilines is 2. The number of rotatable bonds is 7. The van der Waals surface area contributed by atoms with Crippen LogP contribution in [0.4, 0.5) is 11.4 Å². The van der Waals surface area contributed by atoms with Crippen LogP contribution >= 0.6 is 0 Å². The summed E-state index contributed by atoms with van der Waals surface area (Å²) >= 11 is 0. The number of nitrogens with zero attached hydrogens (tertiary/aromatic N) is 1. The summed E-state index contributed by atoms with van der Waals surface area (Å²) in [5.41, 5.74) is 3.69. The van der Waals surface area contributed by atoms with Gasteiger partial charge in [0.2, 0.25) is 5.91 Å². The van der Waals surface area contributed by atoms with Crippen molar-refractivity contribution in [3.63, 3.8) is 0 Å². The second-order valence-electron chi connectivity index (χ2n) is 7.82. The van der Waals surface area contributed by atoms with E-state index in [1.165, 1.54) is 5.56 Å². The summed E-state index contributed by atoms with van der Waals surface area (Å²) in [5.74, 6) is -1.35. The van der Waals surface area contributed by atoms with Gasteiger partial charge in [0, 0.05) is 24.3 Å². The van der Waals surface area contributed by atoms with Gasteiger partial charge in [-0.05, 0) is 41.7 Å². The van der Waals surface area contributed by atoms with E-state index in [9.17, 15) is 14.4 Å². The van der Waals surface area contributed by atoms with Crippen LogP contribution in [0.3, 0.4) is 0 Å². The lowest BCUT2D eigenvalue weighted by atomic mass is 10.0. The lowest BCUT2D eigenvalue weighted by molar-refractivity contribution is -0.151. The Morgan fingerprint density at radius 3 is 2.50 bits per heavy atom. The van der Waals surface area contributed by atoms with Crippen LogP contribution in [0.5, 0.6) is 0 Å². The van der Waals surface area contributed by atoms with E-state index in [-0.39, 0.29) is 31.4 Å². The van der Waals surface area contributed by atoms with Gasteiger partial charge in [-0.2, -0.15) is 0 Å². The number of benzene rings is 2. The molecular weight excluding hydrogens is 380 g/mol. The minimum Gasteiger partial charge on any atom is -0.455 e. The third-order valence-corrected chi connectivity index (χ3v) is 5.32. The second kappa shape index (κ2) is 9.57. The Balaban J connectivity index is 1.54. The SMILES string of the molecule is CCc1ccc(N2CC(C(=O)OCC(=O)Nc3ccccc3C(C)C)CC2=O)cc1. The van der Waals surface area contributed by atoms with Crippen LogP contribution in [-0.4, -0.2) is 30.9 Å². The first-order valence-electron chi connectivity index (χ1n) is 10.3. The zero-order valence-corrected chi connectivity index (χ0v) is 17.7. The first-order chi connectivity index (χ1) is 14.4. The minimum absolute atomic E-state index is 0.0894. The molecule has 1 fully saturated rings. The standard InChI is InChI=1S/C24H28N2O4/c1-4-17-9-11-19(12-10-17)26-14-18(13-23(26)28)24(29)30-15-22(27)25-21-8-6-5-7-20(21)16(2)3/h5-12,16,18H,4,13-15H2,1-3H3,(H,25,27). The summed E-state index contributed by atoms with van der Waals surface area (Å²) < 4.78 is 5.20. The van der Waals surface area contributed by atoms with Crippen molar-refractivity contribution in [3.05, 3.63) is 59.7 Å². The maximum Gasteiger partial charge on any atom is 0.311 e. The number of carbonyl (C=O) groups is 3. The summed E-state index contributed by atoms with van der Waals surface area (Å²) in [4.78, 5) is 38.6. The van der Waals surface area contributed by atoms with E-state index in [1.54, 1.807) is 4.90 Å². The molecule has 1 unspecified atom stereocenters. The van der Waals surface area contributed by atoms with Gasteiger partial charge in [0.25, 0.3) is 5.91 Å². The Morgan fingerprint density at radius 1 is 1.13 bits per heavy atom. The van der Waals surface area contributed by atoms with Crippen molar-refractivity contribution in [1.82, 2.24) is 0 Å². The molecule has 3 rings (SSSR count). The van der Waals surface area contributed by atoms with E-state index in [0.29, 0.717) is 5.69 Å². The zero-order chi connectivity index (χ0) is 21.7. The Morgan fingerprint density at radius 2 is 1.83 bits per heavy atom. The Bertz CT molecular complexity index is 921. The van der Waals surface area contributed by atoms with Crippen molar-refractivity contribution in [2.45, 2.75) is 39.5 Å². The number of ether oxygens (including phenoxy) is 1. The third-order valence-electron chi connectivity index (χ3n) is 5.32. The van der Waals surface area contributed by atoms with E-state index in [2.05, 4.69) is 12.2 Å². The van der Waals surface area contributed by atoms with Crippen molar-refractivity contribution >= 4 is 29.2 Å². The van der Waals surface area contributed by atoms with Crippen LogP contribution in [0.25, 0.3) is 0 Å². The first kappa shape index (κ1) is 21.6. The van der Waals surface area contributed by atoms with E-state index in [0.717, 1.165) is 17.7 Å². The Hall–Kier alpha value is -3.15. The molecule has 0 aliphatic carbocycles. The maximum absolute atomic E-state index is 12.4. The van der Waals surface area contributed by atoms with Crippen LogP contribution in [0, 0.1) is 5.92 Å². The van der Waals surface area contributed by atoms with Crippen molar-refractivity contribution in [1.29, 1.82) is 0 Å². The zero-order valence-electron chi connectivity index (χ0n) is 17.7. The number of hydrogen-bond donors (Lipinski definition) is 1. The van der Waals surface area contributed by atoms with E-state index in [1.807, 2.05) is 62.4 Å². The summed E-state index contributed by atoms with van der Waals surface area (Å²) in [6.07, 6.45) is 1.01. The molecule has 2 aromatic carbocycles. The van der Waals surface area contributed by atoms with Crippen LogP contribution in [0.1, 0.15) is 44.2 Å². The van der Waals surface area contributed by atoms with E-state index in [4.69, 9.17) is 4.74 Å². The molecule has 0 spiro atoms. The summed E-state index contributed by atoms with van der Waals surface area (Å²) in [6.45, 7) is 6.05. The highest BCUT2D eigenvalue weighted by molar-refractivity contribution is 6.00. The van der Waals surface area contributed by atoms with Gasteiger partial charge in [-0.25, -0.2) is 0 Å². The number of carbonyl (C=O) groups excluding carboxylic acids is 3. The molecule has 1 N–H and O–H groups in total. The normalized spacial score (nSPS) is 16.1. The number of para-hydroxylation sites is 1. The molecule has 0 saturated carbocycles. The molecule has 6 nitrogen and oxygen atoms in total. The van der Waals surface area contributed by atoms with E-state index < -0.39 is 17.8 Å². The van der Waals surface area contributed by atoms with Crippen LogP contribution in [0.2, 0.25) is 0 Å². The van der Waals surface area contributed by atoms with Gasteiger partial charge >= 0.3 is 5.97 Å². The van der Waals surface area contributed by atoms with Crippen LogP contribution < -0.4 is 10.2 Å². The van der Waals surface area contributed by atoms with Crippen molar-refractivity contribution in [2.75, 3.05) is 23.4 Å². The fourth-order valence-electron chi connectivity index (χ4n) is 3.58. The summed E-state index contributed by atoms with van der Waals surface area (Å²) in [7, 11) is 0. The molecule has 2 aromatic rings. The molecule has 1 aliphatic heterocycles. The van der Waals surface area contributed by atoms with Gasteiger partial charge in [0.15, 0.2) is 6.61 Å². The Labute approximate surface area is 177 Å². The Kier molecular flexibility index (Phi) is 6.87. The van der Waals surface area contributed by atoms with Gasteiger partial charge in [-0.1, -0.05) is 51.1 Å². The molecule has 0 bridgehead atoms. The first-order valence-corrected chi connectivity index (χ1v) is 10.3. The monoisotopic (exact) mass is 408 g/mol. The van der Waals surface area contributed by atoms with Crippen molar-refractivity contribution < 1.29 is 19.1 Å². The number of esters is 1. The second-order valence-corrected chi connectivity index (χ2v) is 7.82. The predicted octanol–water partition coefficient (Wildman–Crippen LogP) is 3.91. The highest BCUT2D eigenvalue weighted by Gasteiger charge is 2.36. The van der Waals surface area contributed by atoms with Gasteiger partial charge < -0.3 is 15.0 Å². The van der Waals surface area contributed by atoms with Crippen LogP contribution in [0.15, 0.2) is 48.5 Å².